The number of ether oxygens (including phenoxy) is 2. The van der Waals surface area contributed by atoms with Crippen LogP contribution >= 0.6 is 0 Å². The first-order valence-corrected chi connectivity index (χ1v) is 12.4. The van der Waals surface area contributed by atoms with Gasteiger partial charge in [0.25, 0.3) is 0 Å². The van der Waals surface area contributed by atoms with Crippen LogP contribution < -0.4 is 14.4 Å². The normalized spacial score (nSPS) is 20.9. The maximum atomic E-state index is 12.9. The van der Waals surface area contributed by atoms with Crippen molar-refractivity contribution in [1.82, 2.24) is 0 Å². The second kappa shape index (κ2) is 10.4. The molecular formula is C30H27NO6. The maximum absolute atomic E-state index is 12.9. The highest BCUT2D eigenvalue weighted by Gasteiger charge is 2.49. The van der Waals surface area contributed by atoms with E-state index in [0.717, 1.165) is 19.3 Å². The molecule has 0 spiro atoms. The van der Waals surface area contributed by atoms with Gasteiger partial charge in [0.1, 0.15) is 11.5 Å². The van der Waals surface area contributed by atoms with E-state index in [4.69, 9.17) is 9.47 Å². The number of hydrogen-bond acceptors (Lipinski definition) is 6. The highest BCUT2D eigenvalue weighted by Crippen LogP contribution is 2.42. The van der Waals surface area contributed by atoms with Crippen LogP contribution in [0, 0.1) is 17.8 Å². The number of rotatable bonds is 7. The highest BCUT2D eigenvalue weighted by atomic mass is 16.5. The molecule has 2 amide bonds. The summed E-state index contributed by atoms with van der Waals surface area (Å²) in [6, 6.07) is 21.6. The van der Waals surface area contributed by atoms with E-state index in [1.165, 1.54) is 4.90 Å². The molecule has 0 radical (unpaired) electrons. The molecule has 0 N–H and O–H groups in total. The number of imide groups is 1. The third-order valence-corrected chi connectivity index (χ3v) is 7.05. The van der Waals surface area contributed by atoms with Gasteiger partial charge >= 0.3 is 5.97 Å². The predicted octanol–water partition coefficient (Wildman–Crippen LogP) is 5.09. The lowest BCUT2D eigenvalue weighted by Gasteiger charge is -2.25. The van der Waals surface area contributed by atoms with Gasteiger partial charge in [-0.2, -0.15) is 0 Å². The van der Waals surface area contributed by atoms with E-state index in [-0.39, 0.29) is 36.0 Å². The fraction of sp³-hybridized carbons (Fsp3) is 0.267. The molecule has 3 aromatic rings. The molecule has 0 bridgehead atoms. The maximum Gasteiger partial charge on any atom is 0.343 e. The van der Waals surface area contributed by atoms with E-state index in [1.807, 2.05) is 6.07 Å². The van der Waals surface area contributed by atoms with Gasteiger partial charge in [-0.1, -0.05) is 25.1 Å². The lowest BCUT2D eigenvalue weighted by atomic mass is 9.76. The Labute approximate surface area is 215 Å². The molecule has 5 rings (SSSR count). The van der Waals surface area contributed by atoms with Gasteiger partial charge in [-0.25, -0.2) is 4.79 Å². The average Bonchev–Trinajstić information content (AvgIpc) is 3.17. The summed E-state index contributed by atoms with van der Waals surface area (Å²) in [6.07, 6.45) is 2.48. The first-order valence-electron chi connectivity index (χ1n) is 12.4. The molecule has 1 aliphatic carbocycles. The van der Waals surface area contributed by atoms with Crippen LogP contribution in [-0.4, -0.2) is 30.2 Å². The topological polar surface area (TPSA) is 90.0 Å². The fourth-order valence-electron chi connectivity index (χ4n) is 5.02. The number of benzene rings is 3. The van der Waals surface area contributed by atoms with E-state index in [2.05, 4.69) is 6.92 Å². The van der Waals surface area contributed by atoms with Crippen LogP contribution in [0.2, 0.25) is 0 Å². The molecule has 37 heavy (non-hydrogen) atoms. The molecule has 1 saturated heterocycles. The second-order valence-corrected chi connectivity index (χ2v) is 9.63. The van der Waals surface area contributed by atoms with Crippen molar-refractivity contribution in [2.45, 2.75) is 26.2 Å². The van der Waals surface area contributed by atoms with Gasteiger partial charge in [-0.05, 0) is 85.8 Å². The first kappa shape index (κ1) is 24.4. The number of anilines is 1. The quantitative estimate of drug-likeness (QED) is 0.195. The van der Waals surface area contributed by atoms with E-state index in [9.17, 15) is 19.2 Å². The Bertz CT molecular complexity index is 1320. The van der Waals surface area contributed by atoms with E-state index in [0.29, 0.717) is 34.2 Å². The number of carbonyl (C=O) groups excluding carboxylic acids is 4. The minimum atomic E-state index is -0.475. The summed E-state index contributed by atoms with van der Waals surface area (Å²) in [5, 5.41) is 0. The zero-order chi connectivity index (χ0) is 25.9. The smallest absolute Gasteiger partial charge is 0.343 e. The Kier molecular flexibility index (Phi) is 6.86. The Morgan fingerprint density at radius 3 is 2.14 bits per heavy atom. The summed E-state index contributed by atoms with van der Waals surface area (Å²) < 4.78 is 11.0. The minimum Gasteiger partial charge on any atom is -0.485 e. The molecule has 3 aromatic carbocycles. The summed E-state index contributed by atoms with van der Waals surface area (Å²) in [5.74, 6) is -0.162. The Morgan fingerprint density at radius 2 is 1.43 bits per heavy atom. The van der Waals surface area contributed by atoms with Gasteiger partial charge in [0.05, 0.1) is 23.1 Å². The molecule has 1 saturated carbocycles. The molecule has 2 fully saturated rings. The van der Waals surface area contributed by atoms with E-state index >= 15 is 0 Å². The van der Waals surface area contributed by atoms with Crippen molar-refractivity contribution in [3.63, 3.8) is 0 Å². The lowest BCUT2D eigenvalue weighted by Crippen LogP contribution is -2.30. The van der Waals surface area contributed by atoms with Gasteiger partial charge in [0.2, 0.25) is 11.8 Å². The highest BCUT2D eigenvalue weighted by molar-refractivity contribution is 6.22. The molecule has 1 heterocycles. The van der Waals surface area contributed by atoms with Crippen molar-refractivity contribution in [2.24, 2.45) is 17.8 Å². The van der Waals surface area contributed by atoms with Crippen LogP contribution in [-0.2, 0) is 9.59 Å². The number of esters is 1. The summed E-state index contributed by atoms with van der Waals surface area (Å²) in [6.45, 7) is 1.94. The molecule has 7 nitrogen and oxygen atoms in total. The third kappa shape index (κ3) is 5.16. The zero-order valence-corrected chi connectivity index (χ0v) is 20.5. The van der Waals surface area contributed by atoms with Crippen LogP contribution in [0.15, 0.2) is 78.9 Å². The lowest BCUT2D eigenvalue weighted by molar-refractivity contribution is -0.122. The van der Waals surface area contributed by atoms with Crippen LogP contribution in [0.4, 0.5) is 5.69 Å². The Balaban J connectivity index is 1.16. The Morgan fingerprint density at radius 1 is 0.784 bits per heavy atom. The summed E-state index contributed by atoms with van der Waals surface area (Å²) >= 11 is 0. The second-order valence-electron chi connectivity index (χ2n) is 9.63. The van der Waals surface area contributed by atoms with Gasteiger partial charge in [0.15, 0.2) is 12.4 Å². The van der Waals surface area contributed by atoms with Crippen molar-refractivity contribution >= 4 is 29.3 Å². The molecule has 0 aromatic heterocycles. The summed E-state index contributed by atoms with van der Waals surface area (Å²) in [5.41, 5.74) is 1.38. The molecule has 3 atom stereocenters. The summed E-state index contributed by atoms with van der Waals surface area (Å²) in [7, 11) is 0. The standard InChI is InChI=1S/C30H27NO6/c1-19-7-16-25-26(17-19)29(34)31(28(25)33)22-10-14-23(15-11-22)36-18-27(32)20-8-12-24(13-9-20)37-30(35)21-5-3-2-4-6-21/h2-6,8-15,19,25-26H,7,16-18H2,1H3/t19-,25-,26-/m1/s1. The number of ketones is 1. The number of hydrogen-bond donors (Lipinski definition) is 0. The number of fused-ring (bicyclic) bond motifs is 1. The monoisotopic (exact) mass is 497 g/mol. The summed E-state index contributed by atoms with van der Waals surface area (Å²) in [4.78, 5) is 51.8. The van der Waals surface area contributed by atoms with Crippen LogP contribution in [0.25, 0.3) is 0 Å². The minimum absolute atomic E-state index is 0.122. The van der Waals surface area contributed by atoms with Crippen molar-refractivity contribution in [3.8, 4) is 11.5 Å². The SMILES string of the molecule is C[C@@H]1CC[C@H]2C(=O)N(c3ccc(OCC(=O)c4ccc(OC(=O)c5ccccc5)cc4)cc3)C(=O)[C@@H]2C1. The molecule has 2 aliphatic rings. The van der Waals surface area contributed by atoms with Crippen LogP contribution in [0.3, 0.4) is 0 Å². The predicted molar refractivity (Wildman–Crippen MR) is 137 cm³/mol. The van der Waals surface area contributed by atoms with Gasteiger partial charge in [0, 0.05) is 5.56 Å². The van der Waals surface area contributed by atoms with Crippen LogP contribution in [0.1, 0.15) is 46.9 Å². The largest absolute Gasteiger partial charge is 0.485 e. The molecule has 1 aliphatic heterocycles. The molecule has 0 unspecified atom stereocenters. The average molecular weight is 498 g/mol. The van der Waals surface area contributed by atoms with E-state index < -0.39 is 5.97 Å². The number of amides is 2. The van der Waals surface area contributed by atoms with Crippen molar-refractivity contribution in [2.75, 3.05) is 11.5 Å². The molecule has 188 valence electrons. The number of Topliss-reactive ketones (excluding diaryl/α,β-unsaturated/α-hetero) is 1. The van der Waals surface area contributed by atoms with Crippen LogP contribution in [0.5, 0.6) is 11.5 Å². The van der Waals surface area contributed by atoms with Gasteiger partial charge in [-0.15, -0.1) is 0 Å². The first-order chi connectivity index (χ1) is 17.9. The zero-order valence-electron chi connectivity index (χ0n) is 20.5. The fourth-order valence-corrected chi connectivity index (χ4v) is 5.02. The van der Waals surface area contributed by atoms with Gasteiger partial charge in [-0.3, -0.25) is 19.3 Å². The third-order valence-electron chi connectivity index (χ3n) is 7.05. The Hall–Kier alpha value is -4.26. The molecule has 7 heteroatoms. The van der Waals surface area contributed by atoms with Crippen molar-refractivity contribution in [3.05, 3.63) is 90.0 Å². The number of nitrogens with zero attached hydrogens (tertiary/aromatic N) is 1. The van der Waals surface area contributed by atoms with Crippen molar-refractivity contribution in [1.29, 1.82) is 0 Å². The number of carbonyl (C=O) groups is 4. The molecular weight excluding hydrogens is 470 g/mol. The van der Waals surface area contributed by atoms with E-state index in [1.54, 1.807) is 72.8 Å². The van der Waals surface area contributed by atoms with Crippen molar-refractivity contribution < 1.29 is 28.7 Å². The van der Waals surface area contributed by atoms with Gasteiger partial charge < -0.3 is 9.47 Å².